The molecule has 17 heavy (non-hydrogen) atoms. The zero-order chi connectivity index (χ0) is 11.8. The molecule has 0 aliphatic carbocycles. The molecule has 2 heterocycles. The van der Waals surface area contributed by atoms with E-state index < -0.39 is 0 Å². The molecule has 0 N–H and O–H groups in total. The molecule has 0 fully saturated rings. The summed E-state index contributed by atoms with van der Waals surface area (Å²) in [5.41, 5.74) is 3.35. The molecule has 3 heteroatoms. The molecule has 0 saturated carbocycles. The van der Waals surface area contributed by atoms with Crippen LogP contribution in [0, 0.1) is 6.92 Å². The van der Waals surface area contributed by atoms with Gasteiger partial charge >= 0.3 is 0 Å². The lowest BCUT2D eigenvalue weighted by Crippen LogP contribution is -1.96. The fourth-order valence-corrected chi connectivity index (χ4v) is 2.31. The summed E-state index contributed by atoms with van der Waals surface area (Å²) in [6.45, 7) is 2.08. The van der Waals surface area contributed by atoms with E-state index >= 15 is 0 Å². The maximum absolute atomic E-state index is 6.06. The molecule has 0 atom stereocenters. The minimum atomic E-state index is 0.751. The average molecular weight is 243 g/mol. The van der Waals surface area contributed by atoms with E-state index in [1.165, 1.54) is 11.1 Å². The van der Waals surface area contributed by atoms with Crippen LogP contribution in [0.15, 0.2) is 48.8 Å². The summed E-state index contributed by atoms with van der Waals surface area (Å²) in [5.74, 6) is 0. The number of hydrogen-bond donors (Lipinski definition) is 0. The van der Waals surface area contributed by atoms with Crippen LogP contribution in [-0.2, 0) is 0 Å². The molecule has 0 spiro atoms. The van der Waals surface area contributed by atoms with Gasteiger partial charge in [0.15, 0.2) is 0 Å². The van der Waals surface area contributed by atoms with Crippen LogP contribution in [0.1, 0.15) is 5.69 Å². The second-order valence-electron chi connectivity index (χ2n) is 4.04. The summed E-state index contributed by atoms with van der Waals surface area (Å²) in [6, 6.07) is 12.1. The van der Waals surface area contributed by atoms with E-state index in [9.17, 15) is 0 Å². The molecular weight excluding hydrogens is 232 g/mol. The van der Waals surface area contributed by atoms with Gasteiger partial charge in [-0.2, -0.15) is 0 Å². The lowest BCUT2D eigenvalue weighted by molar-refractivity contribution is 1.04. The smallest absolute Gasteiger partial charge is 0.0641 e. The Morgan fingerprint density at radius 2 is 2.06 bits per heavy atom. The zero-order valence-electron chi connectivity index (χ0n) is 9.39. The van der Waals surface area contributed by atoms with Gasteiger partial charge in [0, 0.05) is 22.3 Å². The number of fused-ring (bicyclic) bond motifs is 1. The van der Waals surface area contributed by atoms with Crippen molar-refractivity contribution in [1.82, 2.24) is 9.55 Å². The van der Waals surface area contributed by atoms with Crippen molar-refractivity contribution in [2.45, 2.75) is 6.92 Å². The molecule has 0 amide bonds. The second-order valence-corrected chi connectivity index (χ2v) is 4.47. The average Bonchev–Trinajstić information content (AvgIpc) is 2.65. The van der Waals surface area contributed by atoms with Crippen molar-refractivity contribution >= 4 is 22.5 Å². The normalized spacial score (nSPS) is 10.9. The van der Waals surface area contributed by atoms with E-state index in [1.807, 2.05) is 36.5 Å². The fourth-order valence-electron chi connectivity index (χ4n) is 2.14. The lowest BCUT2D eigenvalue weighted by Gasteiger charge is -2.07. The van der Waals surface area contributed by atoms with E-state index in [-0.39, 0.29) is 0 Å². The van der Waals surface area contributed by atoms with Crippen LogP contribution in [0.25, 0.3) is 16.6 Å². The van der Waals surface area contributed by atoms with Gasteiger partial charge in [-0.15, -0.1) is 0 Å². The Hall–Kier alpha value is -1.80. The van der Waals surface area contributed by atoms with E-state index in [2.05, 4.69) is 22.5 Å². The molecule has 84 valence electrons. The van der Waals surface area contributed by atoms with Gasteiger partial charge in [-0.05, 0) is 37.3 Å². The van der Waals surface area contributed by atoms with Crippen LogP contribution >= 0.6 is 11.6 Å². The van der Waals surface area contributed by atoms with Gasteiger partial charge in [0.2, 0.25) is 0 Å². The molecule has 0 aliphatic heterocycles. The Morgan fingerprint density at radius 3 is 2.82 bits per heavy atom. The summed E-state index contributed by atoms with van der Waals surface area (Å²) in [5, 5.41) is 1.94. The first-order chi connectivity index (χ1) is 8.25. The Bertz CT molecular complexity index is 671. The molecule has 3 rings (SSSR count). The third kappa shape index (κ3) is 1.71. The van der Waals surface area contributed by atoms with Crippen molar-refractivity contribution in [1.29, 1.82) is 0 Å². The van der Waals surface area contributed by atoms with Gasteiger partial charge in [-0.25, -0.2) is 0 Å². The molecule has 1 aromatic carbocycles. The number of halogens is 1. The largest absolute Gasteiger partial charge is 0.312 e. The molecule has 2 nitrogen and oxygen atoms in total. The number of benzene rings is 1. The molecule has 0 bridgehead atoms. The van der Waals surface area contributed by atoms with Gasteiger partial charge in [0.1, 0.15) is 0 Å². The van der Waals surface area contributed by atoms with Gasteiger partial charge in [-0.1, -0.05) is 17.7 Å². The van der Waals surface area contributed by atoms with Crippen LogP contribution < -0.4 is 0 Å². The highest BCUT2D eigenvalue weighted by molar-refractivity contribution is 6.31. The van der Waals surface area contributed by atoms with Crippen LogP contribution in [-0.4, -0.2) is 9.55 Å². The van der Waals surface area contributed by atoms with E-state index in [0.717, 1.165) is 16.2 Å². The first-order valence-corrected chi connectivity index (χ1v) is 5.81. The van der Waals surface area contributed by atoms with Crippen LogP contribution in [0.2, 0.25) is 5.02 Å². The molecule has 0 aliphatic rings. The van der Waals surface area contributed by atoms with Crippen molar-refractivity contribution in [3.63, 3.8) is 0 Å². The van der Waals surface area contributed by atoms with Crippen molar-refractivity contribution in [3.05, 3.63) is 59.5 Å². The highest BCUT2D eigenvalue weighted by atomic mass is 35.5. The molecule has 3 aromatic rings. The fraction of sp³-hybridized carbons (Fsp3) is 0.0714. The van der Waals surface area contributed by atoms with Gasteiger partial charge in [0.05, 0.1) is 17.4 Å². The van der Waals surface area contributed by atoms with Gasteiger partial charge in [-0.3, -0.25) is 4.98 Å². The van der Waals surface area contributed by atoms with E-state index in [0.29, 0.717) is 0 Å². The summed E-state index contributed by atoms with van der Waals surface area (Å²) in [4.78, 5) is 4.16. The predicted octanol–water partition coefficient (Wildman–Crippen LogP) is 3.99. The topological polar surface area (TPSA) is 17.8 Å². The number of aromatic nitrogens is 2. The monoisotopic (exact) mass is 242 g/mol. The van der Waals surface area contributed by atoms with Crippen molar-refractivity contribution in [3.8, 4) is 5.69 Å². The maximum atomic E-state index is 6.06. The Kier molecular flexibility index (Phi) is 2.37. The van der Waals surface area contributed by atoms with Crippen molar-refractivity contribution in [2.24, 2.45) is 0 Å². The van der Waals surface area contributed by atoms with E-state index in [4.69, 9.17) is 11.6 Å². The van der Waals surface area contributed by atoms with Crippen LogP contribution in [0.4, 0.5) is 0 Å². The maximum Gasteiger partial charge on any atom is 0.0641 e. The highest BCUT2D eigenvalue weighted by Gasteiger charge is 2.07. The number of hydrogen-bond acceptors (Lipinski definition) is 1. The summed E-state index contributed by atoms with van der Waals surface area (Å²) >= 11 is 6.06. The SMILES string of the molecule is Cc1cc2ccc(Cl)cc2n1-c1cccnc1. The summed E-state index contributed by atoms with van der Waals surface area (Å²) in [7, 11) is 0. The number of nitrogens with zero attached hydrogens (tertiary/aromatic N) is 2. The Balaban J connectivity index is 2.35. The lowest BCUT2D eigenvalue weighted by atomic mass is 10.2. The van der Waals surface area contributed by atoms with E-state index in [1.54, 1.807) is 6.20 Å². The van der Waals surface area contributed by atoms with Gasteiger partial charge < -0.3 is 4.57 Å². The minimum absolute atomic E-state index is 0.751. The number of aryl methyl sites for hydroxylation is 1. The Labute approximate surface area is 104 Å². The van der Waals surface area contributed by atoms with Gasteiger partial charge in [0.25, 0.3) is 0 Å². The second kappa shape index (κ2) is 3.90. The first-order valence-electron chi connectivity index (χ1n) is 5.44. The number of rotatable bonds is 1. The summed E-state index contributed by atoms with van der Waals surface area (Å²) < 4.78 is 2.16. The molecule has 2 aromatic heterocycles. The standard InChI is InChI=1S/C14H11ClN2/c1-10-7-11-4-5-12(15)8-14(11)17(10)13-3-2-6-16-9-13/h2-9H,1H3. The molecule has 0 saturated heterocycles. The quantitative estimate of drug-likeness (QED) is 0.631. The third-order valence-corrected chi connectivity index (χ3v) is 3.09. The van der Waals surface area contributed by atoms with Crippen LogP contribution in [0.5, 0.6) is 0 Å². The first kappa shape index (κ1) is 10.4. The van der Waals surface area contributed by atoms with Crippen molar-refractivity contribution in [2.75, 3.05) is 0 Å². The molecule has 0 unspecified atom stereocenters. The predicted molar refractivity (Wildman–Crippen MR) is 70.8 cm³/mol. The minimum Gasteiger partial charge on any atom is -0.312 e. The van der Waals surface area contributed by atoms with Crippen molar-refractivity contribution < 1.29 is 0 Å². The Morgan fingerprint density at radius 1 is 1.18 bits per heavy atom. The molecular formula is C14H11ClN2. The third-order valence-electron chi connectivity index (χ3n) is 2.85. The van der Waals surface area contributed by atoms with Crippen LogP contribution in [0.3, 0.4) is 0 Å². The zero-order valence-corrected chi connectivity index (χ0v) is 10.1. The molecule has 0 radical (unpaired) electrons. The summed E-state index contributed by atoms with van der Waals surface area (Å²) in [6.07, 6.45) is 3.63. The number of pyridine rings is 1. The highest BCUT2D eigenvalue weighted by Crippen LogP contribution is 2.26.